The maximum absolute atomic E-state index is 6.27. The molecule has 0 aliphatic carbocycles. The predicted molar refractivity (Wildman–Crippen MR) is 477 cm³/mol. The third-order valence-electron chi connectivity index (χ3n) is 21.4. The second-order valence-corrected chi connectivity index (χ2v) is 29.4. The van der Waals surface area contributed by atoms with Crippen LogP contribution >= 0.6 is 11.3 Å². The summed E-state index contributed by atoms with van der Waals surface area (Å²) >= 11 is 1.86. The third-order valence-corrected chi connectivity index (χ3v) is 22.5. The molecule has 0 radical (unpaired) electrons. The van der Waals surface area contributed by atoms with Gasteiger partial charge in [0.1, 0.15) is 11.2 Å². The largest absolute Gasteiger partial charge is 0.456 e. The van der Waals surface area contributed by atoms with Gasteiger partial charge in [-0.2, -0.15) is 0 Å². The molecule has 18 aromatic carbocycles. The normalized spacial score (nSPS) is 11.2. The molecule has 0 bridgehead atoms. The Hall–Kier alpha value is -14.4. The molecule has 0 atom stereocenters. The van der Waals surface area contributed by atoms with Gasteiger partial charge in [0.15, 0.2) is 0 Å². The summed E-state index contributed by atoms with van der Waals surface area (Å²) < 4.78 is 8.90. The molecule has 0 aliphatic heterocycles. The number of nitrogens with zero attached hydrogens (tertiary/aromatic N) is 2. The van der Waals surface area contributed by atoms with E-state index in [1.54, 1.807) is 0 Å². The van der Waals surface area contributed by atoms with Crippen LogP contribution in [0.2, 0.25) is 0 Å². The maximum atomic E-state index is 6.27. The molecule has 528 valence electrons. The highest BCUT2D eigenvalue weighted by Crippen LogP contribution is 2.44. The van der Waals surface area contributed by atoms with E-state index in [1.807, 2.05) is 11.3 Å². The Kier molecular flexibility index (Phi) is 18.7. The summed E-state index contributed by atoms with van der Waals surface area (Å²) in [4.78, 5) is 4.67. The van der Waals surface area contributed by atoms with Crippen molar-refractivity contribution in [1.82, 2.24) is 0 Å². The summed E-state index contributed by atoms with van der Waals surface area (Å²) in [6.07, 6.45) is 0. The number of rotatable bonds is 16. The fourth-order valence-corrected chi connectivity index (χ4v) is 16.6. The molecular weight excluding hydrogens is 1370 g/mol. The van der Waals surface area contributed by atoms with Crippen LogP contribution < -0.4 is 9.80 Å². The van der Waals surface area contributed by atoms with Crippen LogP contribution in [-0.2, 0) is 0 Å². The molecule has 0 aliphatic rings. The number of thiophene rings is 1. The molecule has 2 heterocycles. The number of benzene rings is 18. The first-order valence-electron chi connectivity index (χ1n) is 38.1. The number of fused-ring (bicyclic) bond motifs is 6. The predicted octanol–water partition coefficient (Wildman–Crippen LogP) is 31.3. The first-order valence-corrected chi connectivity index (χ1v) is 39.0. The molecule has 0 saturated carbocycles. The zero-order valence-electron chi connectivity index (χ0n) is 61.4. The van der Waals surface area contributed by atoms with Crippen molar-refractivity contribution in [3.05, 3.63) is 449 Å². The van der Waals surface area contributed by atoms with Crippen molar-refractivity contribution < 1.29 is 4.42 Å². The second-order valence-electron chi connectivity index (χ2n) is 28.4. The number of furan rings is 1. The van der Waals surface area contributed by atoms with Crippen LogP contribution in [0.1, 0.15) is 0 Å². The van der Waals surface area contributed by atoms with Gasteiger partial charge in [0.05, 0.1) is 0 Å². The van der Waals surface area contributed by atoms with Gasteiger partial charge < -0.3 is 14.2 Å². The van der Waals surface area contributed by atoms with E-state index >= 15 is 0 Å². The first-order chi connectivity index (χ1) is 55.5. The molecule has 0 fully saturated rings. The van der Waals surface area contributed by atoms with Gasteiger partial charge in [-0.25, -0.2) is 0 Å². The molecule has 0 spiro atoms. The molecule has 3 nitrogen and oxygen atoms in total. The molecule has 2 aromatic heterocycles. The van der Waals surface area contributed by atoms with E-state index in [2.05, 4.69) is 459 Å². The molecule has 112 heavy (non-hydrogen) atoms. The number of anilines is 6. The zero-order chi connectivity index (χ0) is 74.5. The second kappa shape index (κ2) is 30.7. The lowest BCUT2D eigenvalue weighted by atomic mass is 9.97. The summed E-state index contributed by atoms with van der Waals surface area (Å²) in [5, 5.41) is 4.88. The van der Waals surface area contributed by atoms with E-state index in [0.29, 0.717) is 0 Å². The summed E-state index contributed by atoms with van der Waals surface area (Å²) in [7, 11) is 0. The van der Waals surface area contributed by atoms with E-state index in [-0.39, 0.29) is 0 Å². The van der Waals surface area contributed by atoms with E-state index in [1.165, 1.54) is 120 Å². The average Bonchev–Trinajstić information content (AvgIpc) is 1.68. The lowest BCUT2D eigenvalue weighted by molar-refractivity contribution is 0.669. The fourth-order valence-electron chi connectivity index (χ4n) is 15.5. The van der Waals surface area contributed by atoms with Crippen LogP contribution in [0.4, 0.5) is 34.1 Å². The number of hydrogen-bond acceptors (Lipinski definition) is 4. The summed E-state index contributed by atoms with van der Waals surface area (Å²) in [6.45, 7) is 0. The van der Waals surface area contributed by atoms with Crippen molar-refractivity contribution in [3.8, 4) is 111 Å². The highest BCUT2D eigenvalue weighted by atomic mass is 32.1. The van der Waals surface area contributed by atoms with E-state index in [9.17, 15) is 0 Å². The summed E-state index contributed by atoms with van der Waals surface area (Å²) in [6, 6.07) is 161. The smallest absolute Gasteiger partial charge is 0.135 e. The molecule has 0 saturated heterocycles. The van der Waals surface area contributed by atoms with Gasteiger partial charge in [-0.3, -0.25) is 0 Å². The molecule has 20 rings (SSSR count). The van der Waals surface area contributed by atoms with Crippen LogP contribution in [-0.4, -0.2) is 0 Å². The Morgan fingerprint density at radius 2 is 0.321 bits per heavy atom. The van der Waals surface area contributed by atoms with Crippen molar-refractivity contribution >= 4 is 87.6 Å². The zero-order valence-corrected chi connectivity index (χ0v) is 62.3. The minimum absolute atomic E-state index is 0.898. The Balaban J connectivity index is 0.000000151. The van der Waals surface area contributed by atoms with Crippen molar-refractivity contribution in [2.24, 2.45) is 0 Å². The highest BCUT2D eigenvalue weighted by Gasteiger charge is 2.19. The van der Waals surface area contributed by atoms with Gasteiger partial charge in [-0.1, -0.05) is 315 Å². The Bertz CT molecular complexity index is 6070. The van der Waals surface area contributed by atoms with Crippen molar-refractivity contribution in [3.63, 3.8) is 0 Å². The Morgan fingerprint density at radius 1 is 0.143 bits per heavy atom. The quantitative estimate of drug-likeness (QED) is 0.0961. The Morgan fingerprint density at radius 3 is 0.589 bits per heavy atom. The Labute approximate surface area is 657 Å². The third kappa shape index (κ3) is 14.2. The van der Waals surface area contributed by atoms with Crippen molar-refractivity contribution in [1.29, 1.82) is 0 Å². The SMILES string of the molecule is c1ccc(-c2ccc(N(c3ccc(-c4ccccc4)cc3)c3ccc(-c4cccc(-c5ccc6oc7ccc(-c8ccccc8)cc7c6c5)c4)cc3)cc2)cc1.c1ccc(-c2ccc(N(c3ccc(-c4ccccc4)cc3)c3ccc(-c4cccc(-c5ccc6sc7ccc(-c8ccccc8)cc7c6c5)c4)cc3)cc2)cc1. The first kappa shape index (κ1) is 68.1. The molecule has 0 unspecified atom stereocenters. The van der Waals surface area contributed by atoms with Crippen LogP contribution in [0.25, 0.3) is 153 Å². The van der Waals surface area contributed by atoms with Crippen LogP contribution in [0, 0.1) is 0 Å². The van der Waals surface area contributed by atoms with Crippen molar-refractivity contribution in [2.75, 3.05) is 9.80 Å². The molecular formula is C108H74N2OS. The van der Waals surface area contributed by atoms with Gasteiger partial charge in [0, 0.05) is 65.1 Å². The van der Waals surface area contributed by atoms with Gasteiger partial charge in [-0.15, -0.1) is 11.3 Å². The van der Waals surface area contributed by atoms with E-state index < -0.39 is 0 Å². The minimum atomic E-state index is 0.898. The van der Waals surface area contributed by atoms with Crippen LogP contribution in [0.15, 0.2) is 453 Å². The number of hydrogen-bond donors (Lipinski definition) is 0. The van der Waals surface area contributed by atoms with Gasteiger partial charge in [0.25, 0.3) is 0 Å². The standard InChI is InChI=1S/C54H37NO.C54H37NS/c2*1-4-11-38(12-5-1)41-19-27-48(28-20-41)55(49-29-21-42(22-30-49)39-13-6-2-7-14-39)50-31-23-43(24-32-50)44-17-10-18-45(35-44)47-26-34-54-52(37-47)51-36-46(25-33-53(51)56-54)40-15-8-3-9-16-40/h2*1-37H. The van der Waals surface area contributed by atoms with E-state index in [4.69, 9.17) is 4.42 Å². The van der Waals surface area contributed by atoms with Gasteiger partial charge in [0.2, 0.25) is 0 Å². The minimum Gasteiger partial charge on any atom is -0.456 e. The monoisotopic (exact) mass is 1450 g/mol. The molecule has 0 N–H and O–H groups in total. The van der Waals surface area contributed by atoms with Crippen molar-refractivity contribution in [2.45, 2.75) is 0 Å². The average molecular weight is 1450 g/mol. The highest BCUT2D eigenvalue weighted by molar-refractivity contribution is 7.25. The molecule has 4 heteroatoms. The van der Waals surface area contributed by atoms with Crippen LogP contribution in [0.5, 0.6) is 0 Å². The lowest BCUT2D eigenvalue weighted by Crippen LogP contribution is -2.09. The summed E-state index contributed by atoms with van der Waals surface area (Å²) in [5.41, 5.74) is 32.4. The summed E-state index contributed by atoms with van der Waals surface area (Å²) in [5.74, 6) is 0. The molecule has 0 amide bonds. The fraction of sp³-hybridized carbons (Fsp3) is 0. The maximum Gasteiger partial charge on any atom is 0.135 e. The van der Waals surface area contributed by atoms with Gasteiger partial charge in [-0.05, 0) is 245 Å². The van der Waals surface area contributed by atoms with Gasteiger partial charge >= 0.3 is 0 Å². The lowest BCUT2D eigenvalue weighted by Gasteiger charge is -2.26. The van der Waals surface area contributed by atoms with Crippen LogP contribution in [0.3, 0.4) is 0 Å². The van der Waals surface area contributed by atoms with E-state index in [0.717, 1.165) is 67.2 Å². The topological polar surface area (TPSA) is 19.6 Å². The molecule has 20 aromatic rings.